The molecule has 1 aliphatic carbocycles. The molecule has 0 aliphatic heterocycles. The Morgan fingerprint density at radius 2 is 1.87 bits per heavy atom. The summed E-state index contributed by atoms with van der Waals surface area (Å²) < 4.78 is 23.5. The summed E-state index contributed by atoms with van der Waals surface area (Å²) in [6.45, 7) is 0. The lowest BCUT2D eigenvalue weighted by molar-refractivity contribution is 0.0906. The van der Waals surface area contributed by atoms with Crippen molar-refractivity contribution in [3.63, 3.8) is 0 Å². The number of amides is 1. The van der Waals surface area contributed by atoms with E-state index < -0.39 is 9.84 Å². The smallest absolute Gasteiger partial charge is 0.253 e. The molecular weight excluding hydrogens is 354 g/mol. The second-order valence-electron chi connectivity index (χ2n) is 5.78. The predicted molar refractivity (Wildman–Crippen MR) is 92.1 cm³/mol. The number of carbonyl (C=O) groups is 1. The van der Waals surface area contributed by atoms with Gasteiger partial charge in [0.25, 0.3) is 5.91 Å². The Labute approximate surface area is 144 Å². The fourth-order valence-electron chi connectivity index (χ4n) is 2.76. The van der Waals surface area contributed by atoms with Crippen LogP contribution in [0.1, 0.15) is 34.7 Å². The third-order valence-corrected chi connectivity index (χ3v) is 7.07. The number of thiophene rings is 1. The fraction of sp³-hybridized carbons (Fsp3) is 0.312. The summed E-state index contributed by atoms with van der Waals surface area (Å²) in [5.74, 6) is 0.0978. The molecule has 0 saturated heterocycles. The van der Waals surface area contributed by atoms with Gasteiger partial charge in [0.15, 0.2) is 9.84 Å². The number of nitrogens with one attached hydrogen (secondary N) is 1. The lowest BCUT2D eigenvalue weighted by atomic mass is 9.76. The number of benzene rings is 1. The summed E-state index contributed by atoms with van der Waals surface area (Å²) >= 11 is 6.95. The summed E-state index contributed by atoms with van der Waals surface area (Å²) in [7, 11) is -3.37. The van der Waals surface area contributed by atoms with Crippen molar-refractivity contribution in [2.45, 2.75) is 29.0 Å². The van der Waals surface area contributed by atoms with Gasteiger partial charge in [-0.2, -0.15) is 0 Å². The van der Waals surface area contributed by atoms with E-state index in [1.54, 1.807) is 11.4 Å². The van der Waals surface area contributed by atoms with Crippen molar-refractivity contribution in [3.8, 4) is 0 Å². The highest BCUT2D eigenvalue weighted by Gasteiger charge is 2.32. The van der Waals surface area contributed by atoms with E-state index in [1.165, 1.54) is 5.56 Å². The minimum Gasteiger partial charge on any atom is -0.349 e. The van der Waals surface area contributed by atoms with Crippen LogP contribution in [0.15, 0.2) is 39.9 Å². The molecule has 1 aromatic heterocycles. The van der Waals surface area contributed by atoms with Gasteiger partial charge in [-0.05, 0) is 47.9 Å². The van der Waals surface area contributed by atoms with E-state index in [4.69, 9.17) is 11.6 Å². The molecule has 0 radical (unpaired) electrons. The first-order valence-electron chi connectivity index (χ1n) is 7.18. The van der Waals surface area contributed by atoms with E-state index in [0.717, 1.165) is 30.4 Å². The molecule has 122 valence electrons. The zero-order valence-electron chi connectivity index (χ0n) is 12.5. The molecule has 1 aliphatic rings. The third kappa shape index (κ3) is 3.59. The van der Waals surface area contributed by atoms with Gasteiger partial charge in [-0.3, -0.25) is 4.79 Å². The SMILES string of the molecule is CS(=O)(=O)c1sccc1C(=O)NC1CC(c2ccc(Cl)cc2)C1. The third-order valence-electron chi connectivity index (χ3n) is 4.03. The van der Waals surface area contributed by atoms with Gasteiger partial charge in [0.2, 0.25) is 0 Å². The van der Waals surface area contributed by atoms with E-state index >= 15 is 0 Å². The molecule has 2 aromatic rings. The van der Waals surface area contributed by atoms with E-state index in [-0.39, 0.29) is 21.7 Å². The van der Waals surface area contributed by atoms with Gasteiger partial charge in [0.1, 0.15) is 4.21 Å². The molecule has 1 fully saturated rings. The number of rotatable bonds is 4. The van der Waals surface area contributed by atoms with Crippen molar-refractivity contribution in [2.75, 3.05) is 6.26 Å². The molecule has 0 spiro atoms. The normalized spacial score (nSPS) is 20.8. The maximum Gasteiger partial charge on any atom is 0.253 e. The Hall–Kier alpha value is -1.37. The Bertz CT molecular complexity index is 821. The van der Waals surface area contributed by atoms with E-state index in [0.29, 0.717) is 10.9 Å². The molecule has 23 heavy (non-hydrogen) atoms. The van der Waals surface area contributed by atoms with Crippen molar-refractivity contribution in [3.05, 3.63) is 51.9 Å². The second kappa shape index (κ2) is 6.26. The van der Waals surface area contributed by atoms with Crippen LogP contribution in [0.2, 0.25) is 5.02 Å². The molecule has 1 amide bonds. The van der Waals surface area contributed by atoms with Crippen LogP contribution in [0.5, 0.6) is 0 Å². The van der Waals surface area contributed by atoms with Crippen LogP contribution in [0, 0.1) is 0 Å². The molecule has 0 atom stereocenters. The number of hydrogen-bond acceptors (Lipinski definition) is 4. The Kier molecular flexibility index (Phi) is 4.49. The summed E-state index contributed by atoms with van der Waals surface area (Å²) in [4.78, 5) is 12.3. The zero-order chi connectivity index (χ0) is 16.6. The predicted octanol–water partition coefficient (Wildman–Crippen LogP) is 3.48. The molecule has 7 heteroatoms. The summed E-state index contributed by atoms with van der Waals surface area (Å²) in [5.41, 5.74) is 1.46. The van der Waals surface area contributed by atoms with Gasteiger partial charge in [-0.15, -0.1) is 11.3 Å². The standard InChI is InChI=1S/C16H16ClNO3S2/c1-23(20,21)16-14(6-7-22-16)15(19)18-13-8-11(9-13)10-2-4-12(17)5-3-10/h2-7,11,13H,8-9H2,1H3,(H,18,19). The van der Waals surface area contributed by atoms with Crippen LogP contribution >= 0.6 is 22.9 Å². The van der Waals surface area contributed by atoms with Gasteiger partial charge >= 0.3 is 0 Å². The first kappa shape index (κ1) is 16.5. The van der Waals surface area contributed by atoms with Crippen molar-refractivity contribution in [1.29, 1.82) is 0 Å². The molecular formula is C16H16ClNO3S2. The maximum atomic E-state index is 12.3. The topological polar surface area (TPSA) is 63.2 Å². The van der Waals surface area contributed by atoms with Crippen molar-refractivity contribution in [1.82, 2.24) is 5.32 Å². The van der Waals surface area contributed by atoms with Crippen LogP contribution in [0.25, 0.3) is 0 Å². The number of hydrogen-bond donors (Lipinski definition) is 1. The van der Waals surface area contributed by atoms with Crippen molar-refractivity contribution >= 4 is 38.7 Å². The number of halogens is 1. The average molecular weight is 370 g/mol. The summed E-state index contributed by atoms with van der Waals surface area (Å²) in [5, 5.41) is 5.26. The lowest BCUT2D eigenvalue weighted by Crippen LogP contribution is -2.43. The lowest BCUT2D eigenvalue weighted by Gasteiger charge is -2.36. The minimum absolute atomic E-state index is 0.0792. The van der Waals surface area contributed by atoms with Gasteiger partial charge in [0.05, 0.1) is 5.56 Å². The Balaban J connectivity index is 1.61. The van der Waals surface area contributed by atoms with Crippen LogP contribution < -0.4 is 5.32 Å². The van der Waals surface area contributed by atoms with Crippen LogP contribution in [-0.4, -0.2) is 26.6 Å². The largest absolute Gasteiger partial charge is 0.349 e. The van der Waals surface area contributed by atoms with Gasteiger partial charge < -0.3 is 5.32 Å². The first-order valence-corrected chi connectivity index (χ1v) is 10.3. The van der Waals surface area contributed by atoms with E-state index in [1.807, 2.05) is 24.3 Å². The van der Waals surface area contributed by atoms with Gasteiger partial charge in [0, 0.05) is 17.3 Å². The van der Waals surface area contributed by atoms with Crippen LogP contribution in [0.4, 0.5) is 0 Å². The Morgan fingerprint density at radius 1 is 1.22 bits per heavy atom. The van der Waals surface area contributed by atoms with Crippen LogP contribution in [0.3, 0.4) is 0 Å². The quantitative estimate of drug-likeness (QED) is 0.897. The molecule has 0 unspecified atom stereocenters. The molecule has 0 bridgehead atoms. The molecule has 1 heterocycles. The highest BCUT2D eigenvalue weighted by atomic mass is 35.5. The average Bonchev–Trinajstić information content (AvgIpc) is 2.93. The van der Waals surface area contributed by atoms with E-state index in [2.05, 4.69) is 5.32 Å². The zero-order valence-corrected chi connectivity index (χ0v) is 14.8. The molecule has 3 rings (SSSR count). The number of sulfone groups is 1. The highest BCUT2D eigenvalue weighted by molar-refractivity contribution is 7.92. The van der Waals surface area contributed by atoms with E-state index in [9.17, 15) is 13.2 Å². The van der Waals surface area contributed by atoms with Gasteiger partial charge in [-0.1, -0.05) is 23.7 Å². The first-order chi connectivity index (χ1) is 10.8. The summed E-state index contributed by atoms with van der Waals surface area (Å²) in [6, 6.07) is 9.39. The number of carbonyl (C=O) groups excluding carboxylic acids is 1. The molecule has 1 N–H and O–H groups in total. The fourth-order valence-corrected chi connectivity index (χ4v) is 4.92. The van der Waals surface area contributed by atoms with Crippen molar-refractivity contribution < 1.29 is 13.2 Å². The molecule has 1 aromatic carbocycles. The summed E-state index contributed by atoms with van der Waals surface area (Å²) in [6.07, 6.45) is 2.83. The molecule has 4 nitrogen and oxygen atoms in total. The Morgan fingerprint density at radius 3 is 2.48 bits per heavy atom. The molecule has 1 saturated carbocycles. The van der Waals surface area contributed by atoms with Crippen LogP contribution in [-0.2, 0) is 9.84 Å². The monoisotopic (exact) mass is 369 g/mol. The second-order valence-corrected chi connectivity index (χ2v) is 9.35. The maximum absolute atomic E-state index is 12.3. The minimum atomic E-state index is -3.37. The highest BCUT2D eigenvalue weighted by Crippen LogP contribution is 2.37. The van der Waals surface area contributed by atoms with Crippen molar-refractivity contribution in [2.24, 2.45) is 0 Å². The van der Waals surface area contributed by atoms with Gasteiger partial charge in [-0.25, -0.2) is 8.42 Å².